The first-order valence-electron chi connectivity index (χ1n) is 7.27. The maximum Gasteiger partial charge on any atom is 0.122 e. The van der Waals surface area contributed by atoms with E-state index in [9.17, 15) is 0 Å². The molecule has 0 bridgehead atoms. The van der Waals surface area contributed by atoms with Gasteiger partial charge >= 0.3 is 0 Å². The van der Waals surface area contributed by atoms with Crippen molar-refractivity contribution in [2.24, 2.45) is 0 Å². The average molecular weight is 285 g/mol. The van der Waals surface area contributed by atoms with E-state index in [2.05, 4.69) is 18.3 Å². The summed E-state index contributed by atoms with van der Waals surface area (Å²) in [6.45, 7) is 3.09. The first-order valence-corrected chi connectivity index (χ1v) is 7.27. The van der Waals surface area contributed by atoms with Crippen molar-refractivity contribution in [1.29, 1.82) is 0 Å². The molecule has 1 unspecified atom stereocenters. The summed E-state index contributed by atoms with van der Waals surface area (Å²) in [5.74, 6) is 0.943. The lowest BCUT2D eigenvalue weighted by Gasteiger charge is -2.16. The molecule has 2 N–H and O–H groups in total. The van der Waals surface area contributed by atoms with E-state index in [0.29, 0.717) is 6.04 Å². The Morgan fingerprint density at radius 3 is 2.38 bits per heavy atom. The summed E-state index contributed by atoms with van der Waals surface area (Å²) < 4.78 is 5.38. The average Bonchev–Trinajstić information content (AvgIpc) is 2.54. The molecule has 0 aliphatic heterocycles. The minimum atomic E-state index is 0.0952. The van der Waals surface area contributed by atoms with Crippen LogP contribution in [0.3, 0.4) is 0 Å². The lowest BCUT2D eigenvalue weighted by atomic mass is 10.1. The molecule has 0 spiro atoms. The summed E-state index contributed by atoms with van der Waals surface area (Å²) >= 11 is 0. The minimum Gasteiger partial charge on any atom is -0.496 e. The SMILES string of the molecule is COc1ccccc1CC(C)NCc1ccc(CO)cc1. The van der Waals surface area contributed by atoms with Gasteiger partial charge in [-0.1, -0.05) is 42.5 Å². The van der Waals surface area contributed by atoms with Crippen LogP contribution in [0, 0.1) is 0 Å². The smallest absolute Gasteiger partial charge is 0.122 e. The first-order chi connectivity index (χ1) is 10.2. The van der Waals surface area contributed by atoms with E-state index in [1.165, 1.54) is 11.1 Å². The number of methoxy groups -OCH3 is 1. The fraction of sp³-hybridized carbons (Fsp3) is 0.333. The molecular weight excluding hydrogens is 262 g/mol. The number of hydrogen-bond donors (Lipinski definition) is 2. The summed E-state index contributed by atoms with van der Waals surface area (Å²) in [5, 5.41) is 12.6. The van der Waals surface area contributed by atoms with E-state index >= 15 is 0 Å². The Bertz CT molecular complexity index is 551. The molecule has 3 heteroatoms. The zero-order valence-electron chi connectivity index (χ0n) is 12.7. The molecule has 0 aliphatic carbocycles. The molecule has 2 rings (SSSR count). The van der Waals surface area contributed by atoms with E-state index in [1.54, 1.807) is 7.11 Å². The highest BCUT2D eigenvalue weighted by molar-refractivity contribution is 5.33. The number of ether oxygens (including phenoxy) is 1. The Morgan fingerprint density at radius 1 is 1.05 bits per heavy atom. The number of aliphatic hydroxyl groups excluding tert-OH is 1. The van der Waals surface area contributed by atoms with Crippen LogP contribution in [-0.2, 0) is 19.6 Å². The molecule has 1 atom stereocenters. The monoisotopic (exact) mass is 285 g/mol. The molecule has 21 heavy (non-hydrogen) atoms. The number of rotatable bonds is 7. The van der Waals surface area contributed by atoms with Gasteiger partial charge in [0.25, 0.3) is 0 Å². The maximum absolute atomic E-state index is 9.03. The molecular formula is C18H23NO2. The number of aliphatic hydroxyl groups is 1. The lowest BCUT2D eigenvalue weighted by Crippen LogP contribution is -2.27. The third-order valence-electron chi connectivity index (χ3n) is 3.58. The zero-order chi connectivity index (χ0) is 15.1. The quantitative estimate of drug-likeness (QED) is 0.822. The third-order valence-corrected chi connectivity index (χ3v) is 3.58. The largest absolute Gasteiger partial charge is 0.496 e. The highest BCUT2D eigenvalue weighted by Crippen LogP contribution is 2.19. The van der Waals surface area contributed by atoms with Crippen molar-refractivity contribution in [2.45, 2.75) is 32.5 Å². The summed E-state index contributed by atoms with van der Waals surface area (Å²) in [6, 6.07) is 16.5. The molecule has 0 saturated carbocycles. The van der Waals surface area contributed by atoms with Crippen LogP contribution in [-0.4, -0.2) is 18.3 Å². The van der Waals surface area contributed by atoms with Gasteiger partial charge in [-0.15, -0.1) is 0 Å². The number of nitrogens with one attached hydrogen (secondary N) is 1. The van der Waals surface area contributed by atoms with E-state index in [0.717, 1.165) is 24.3 Å². The van der Waals surface area contributed by atoms with Gasteiger partial charge in [0.2, 0.25) is 0 Å². The zero-order valence-corrected chi connectivity index (χ0v) is 12.7. The molecule has 0 heterocycles. The van der Waals surface area contributed by atoms with Crippen molar-refractivity contribution in [3.05, 3.63) is 65.2 Å². The second-order valence-corrected chi connectivity index (χ2v) is 5.27. The lowest BCUT2D eigenvalue weighted by molar-refractivity contribution is 0.282. The topological polar surface area (TPSA) is 41.5 Å². The standard InChI is InChI=1S/C18H23NO2/c1-14(11-17-5-3-4-6-18(17)21-2)19-12-15-7-9-16(13-20)10-8-15/h3-10,14,19-20H,11-13H2,1-2H3. The van der Waals surface area contributed by atoms with Crippen LogP contribution in [0.4, 0.5) is 0 Å². The Balaban J connectivity index is 1.87. The molecule has 2 aromatic rings. The van der Waals surface area contributed by atoms with Crippen molar-refractivity contribution in [3.63, 3.8) is 0 Å². The Kier molecular flexibility index (Phi) is 5.78. The minimum absolute atomic E-state index is 0.0952. The van der Waals surface area contributed by atoms with Gasteiger partial charge in [-0.2, -0.15) is 0 Å². The van der Waals surface area contributed by atoms with Crippen molar-refractivity contribution < 1.29 is 9.84 Å². The predicted molar refractivity (Wildman–Crippen MR) is 85.4 cm³/mol. The van der Waals surface area contributed by atoms with Crippen LogP contribution >= 0.6 is 0 Å². The molecule has 0 amide bonds. The van der Waals surface area contributed by atoms with Crippen LogP contribution in [0.15, 0.2) is 48.5 Å². The third kappa shape index (κ3) is 4.59. The molecule has 0 saturated heterocycles. The van der Waals surface area contributed by atoms with Crippen molar-refractivity contribution in [3.8, 4) is 5.75 Å². The molecule has 2 aromatic carbocycles. The number of benzene rings is 2. The molecule has 0 aromatic heterocycles. The van der Waals surface area contributed by atoms with E-state index < -0.39 is 0 Å². The second-order valence-electron chi connectivity index (χ2n) is 5.27. The van der Waals surface area contributed by atoms with Gasteiger partial charge in [0.15, 0.2) is 0 Å². The highest BCUT2D eigenvalue weighted by atomic mass is 16.5. The van der Waals surface area contributed by atoms with Crippen molar-refractivity contribution >= 4 is 0 Å². The van der Waals surface area contributed by atoms with Crippen molar-refractivity contribution in [1.82, 2.24) is 5.32 Å². The highest BCUT2D eigenvalue weighted by Gasteiger charge is 2.07. The van der Waals surface area contributed by atoms with Gasteiger partial charge in [0, 0.05) is 12.6 Å². The van der Waals surface area contributed by atoms with E-state index in [-0.39, 0.29) is 6.61 Å². The fourth-order valence-corrected chi connectivity index (χ4v) is 2.33. The normalized spacial score (nSPS) is 12.1. The van der Waals surface area contributed by atoms with Crippen LogP contribution in [0.25, 0.3) is 0 Å². The van der Waals surface area contributed by atoms with Crippen LogP contribution in [0.2, 0.25) is 0 Å². The summed E-state index contributed by atoms with van der Waals surface area (Å²) in [5.41, 5.74) is 3.38. The number of hydrogen-bond acceptors (Lipinski definition) is 3. The number of para-hydroxylation sites is 1. The molecule has 3 nitrogen and oxygen atoms in total. The van der Waals surface area contributed by atoms with Crippen LogP contribution in [0.1, 0.15) is 23.6 Å². The predicted octanol–water partition coefficient (Wildman–Crippen LogP) is 2.91. The summed E-state index contributed by atoms with van der Waals surface area (Å²) in [6.07, 6.45) is 0.929. The van der Waals surface area contributed by atoms with Gasteiger partial charge in [0.1, 0.15) is 5.75 Å². The maximum atomic E-state index is 9.03. The molecule has 112 valence electrons. The van der Waals surface area contributed by atoms with Gasteiger partial charge in [-0.25, -0.2) is 0 Å². The Morgan fingerprint density at radius 2 is 1.71 bits per heavy atom. The Labute approximate surface area is 126 Å². The first kappa shape index (κ1) is 15.5. The summed E-state index contributed by atoms with van der Waals surface area (Å²) in [4.78, 5) is 0. The molecule has 0 aliphatic rings. The molecule has 0 fully saturated rings. The van der Waals surface area contributed by atoms with Crippen LogP contribution < -0.4 is 10.1 Å². The Hall–Kier alpha value is -1.84. The van der Waals surface area contributed by atoms with Gasteiger partial charge in [-0.05, 0) is 36.1 Å². The van der Waals surface area contributed by atoms with Crippen LogP contribution in [0.5, 0.6) is 5.75 Å². The van der Waals surface area contributed by atoms with Gasteiger partial charge in [0.05, 0.1) is 13.7 Å². The van der Waals surface area contributed by atoms with Gasteiger partial charge in [-0.3, -0.25) is 0 Å². The second kappa shape index (κ2) is 7.81. The van der Waals surface area contributed by atoms with Crippen molar-refractivity contribution in [2.75, 3.05) is 7.11 Å². The fourth-order valence-electron chi connectivity index (χ4n) is 2.33. The van der Waals surface area contributed by atoms with E-state index in [1.807, 2.05) is 42.5 Å². The summed E-state index contributed by atoms with van der Waals surface area (Å²) in [7, 11) is 1.71. The van der Waals surface area contributed by atoms with Gasteiger partial charge < -0.3 is 15.2 Å². The molecule has 0 radical (unpaired) electrons. The van der Waals surface area contributed by atoms with E-state index in [4.69, 9.17) is 9.84 Å².